The number of nitro benzene ring substituents is 2. The molecule has 4 atom stereocenters. The molecule has 2 bridgehead atoms. The van der Waals surface area contributed by atoms with E-state index < -0.39 is 9.85 Å². The van der Waals surface area contributed by atoms with E-state index in [-0.39, 0.29) is 33.7 Å². The molecule has 0 aromatic heterocycles. The van der Waals surface area contributed by atoms with Crippen molar-refractivity contribution in [3.8, 4) is 11.5 Å². The Labute approximate surface area is 172 Å². The number of rotatable bonds is 4. The molecule has 3 aliphatic rings. The van der Waals surface area contributed by atoms with Crippen LogP contribution in [0.4, 0.5) is 11.4 Å². The number of nitrogens with zero attached hydrogens (tertiary/aromatic N) is 2. The molecule has 8 heteroatoms. The Hall–Kier alpha value is -3.16. The molecule has 3 aliphatic carbocycles. The molecule has 0 saturated heterocycles. The molecule has 8 nitrogen and oxygen atoms in total. The quantitative estimate of drug-likeness (QED) is 0.555. The summed E-state index contributed by atoms with van der Waals surface area (Å²) in [5.74, 6) is -0.0386. The van der Waals surface area contributed by atoms with Crippen LogP contribution in [0, 0.1) is 32.1 Å². The van der Waals surface area contributed by atoms with Crippen molar-refractivity contribution in [1.29, 1.82) is 0 Å². The maximum atomic E-state index is 11.5. The van der Waals surface area contributed by atoms with Crippen LogP contribution in [-0.2, 0) is 10.8 Å². The summed E-state index contributed by atoms with van der Waals surface area (Å²) in [5.41, 5.74) is 0.349. The Morgan fingerprint density at radius 3 is 1.63 bits per heavy atom. The predicted octanol–water partition coefficient (Wildman–Crippen LogP) is 4.70. The summed E-state index contributed by atoms with van der Waals surface area (Å²) in [4.78, 5) is 21.8. The smallest absolute Gasteiger partial charge is 0.310 e. The second kappa shape index (κ2) is 6.17. The zero-order valence-electron chi connectivity index (χ0n) is 16.3. The van der Waals surface area contributed by atoms with E-state index in [0.29, 0.717) is 11.8 Å². The minimum atomic E-state index is -0.565. The van der Waals surface area contributed by atoms with Crippen LogP contribution in [0.15, 0.2) is 36.4 Å². The third kappa shape index (κ3) is 2.16. The molecule has 5 rings (SSSR count). The average Bonchev–Trinajstić information content (AvgIpc) is 3.40. The summed E-state index contributed by atoms with van der Waals surface area (Å²) in [6.45, 7) is 0. The molecule has 0 spiro atoms. The van der Waals surface area contributed by atoms with Crippen LogP contribution in [0.25, 0.3) is 0 Å². The van der Waals surface area contributed by atoms with Gasteiger partial charge in [-0.3, -0.25) is 20.2 Å². The molecule has 0 aliphatic heterocycles. The molecule has 156 valence electrons. The maximum absolute atomic E-state index is 11.5. The molecule has 3 fully saturated rings. The topological polar surface area (TPSA) is 127 Å². The van der Waals surface area contributed by atoms with Gasteiger partial charge in [-0.15, -0.1) is 0 Å². The first-order chi connectivity index (χ1) is 14.3. The van der Waals surface area contributed by atoms with E-state index in [1.807, 2.05) is 0 Å². The fraction of sp³-hybridized carbons (Fsp3) is 0.455. The first-order valence-corrected chi connectivity index (χ1v) is 10.3. The van der Waals surface area contributed by atoms with Crippen molar-refractivity contribution >= 4 is 11.4 Å². The molecule has 2 aromatic carbocycles. The van der Waals surface area contributed by atoms with Crippen molar-refractivity contribution < 1.29 is 20.1 Å². The van der Waals surface area contributed by atoms with Gasteiger partial charge in [0.05, 0.1) is 9.85 Å². The lowest BCUT2D eigenvalue weighted by Gasteiger charge is -2.50. The molecule has 3 saturated carbocycles. The summed E-state index contributed by atoms with van der Waals surface area (Å²) in [5, 5.41) is 42.9. The van der Waals surface area contributed by atoms with Gasteiger partial charge in [-0.05, 0) is 67.2 Å². The van der Waals surface area contributed by atoms with Crippen LogP contribution >= 0.6 is 0 Å². The number of fused-ring (bicyclic) bond motifs is 5. The van der Waals surface area contributed by atoms with Crippen LogP contribution < -0.4 is 0 Å². The number of phenols is 2. The van der Waals surface area contributed by atoms with Gasteiger partial charge in [-0.2, -0.15) is 0 Å². The van der Waals surface area contributed by atoms with E-state index >= 15 is 0 Å². The molecule has 2 aromatic rings. The normalized spacial score (nSPS) is 31.6. The van der Waals surface area contributed by atoms with Gasteiger partial charge in [0.25, 0.3) is 0 Å². The number of benzene rings is 2. The summed E-state index contributed by atoms with van der Waals surface area (Å²) < 4.78 is 0. The molecular weight excluding hydrogens is 388 g/mol. The van der Waals surface area contributed by atoms with Crippen molar-refractivity contribution in [3.05, 3.63) is 67.8 Å². The van der Waals surface area contributed by atoms with Crippen LogP contribution in [-0.4, -0.2) is 20.1 Å². The number of aromatic hydroxyl groups is 2. The third-order valence-corrected chi connectivity index (χ3v) is 8.14. The Balaban J connectivity index is 1.76. The van der Waals surface area contributed by atoms with Gasteiger partial charge >= 0.3 is 11.4 Å². The molecule has 4 unspecified atom stereocenters. The van der Waals surface area contributed by atoms with Crippen LogP contribution in [0.3, 0.4) is 0 Å². The Bertz CT molecular complexity index is 1000. The van der Waals surface area contributed by atoms with Crippen molar-refractivity contribution in [2.24, 2.45) is 11.8 Å². The fourth-order valence-corrected chi connectivity index (χ4v) is 7.28. The van der Waals surface area contributed by atoms with Gasteiger partial charge in [0.1, 0.15) is 0 Å². The molecule has 2 N–H and O–H groups in total. The molecule has 0 radical (unpaired) electrons. The van der Waals surface area contributed by atoms with Gasteiger partial charge in [-0.25, -0.2) is 0 Å². The third-order valence-electron chi connectivity index (χ3n) is 8.14. The second-order valence-electron chi connectivity index (χ2n) is 8.92. The van der Waals surface area contributed by atoms with E-state index in [0.717, 1.165) is 49.7 Å². The van der Waals surface area contributed by atoms with Gasteiger partial charge < -0.3 is 10.2 Å². The van der Waals surface area contributed by atoms with Crippen molar-refractivity contribution in [1.82, 2.24) is 0 Å². The largest absolute Gasteiger partial charge is 0.502 e. The van der Waals surface area contributed by atoms with Crippen molar-refractivity contribution in [2.75, 3.05) is 0 Å². The van der Waals surface area contributed by atoms with E-state index in [2.05, 4.69) is 0 Å². The Morgan fingerprint density at radius 1 is 0.800 bits per heavy atom. The van der Waals surface area contributed by atoms with Crippen LogP contribution in [0.2, 0.25) is 0 Å². The highest BCUT2D eigenvalue weighted by Crippen LogP contribution is 2.74. The summed E-state index contributed by atoms with van der Waals surface area (Å²) >= 11 is 0. The lowest BCUT2D eigenvalue weighted by Crippen LogP contribution is -2.49. The standard InChI is InChI=1S/C22H22N2O6/c25-19-6-4-15(11-17(19)23(27)28)21-8-1-9-22(21,14-3-2-13(21)10-14)16-5-7-20(26)18(12-16)24(29)30/h4-7,11-14,25-26H,1-3,8-10H2. The molecule has 0 heterocycles. The SMILES string of the molecule is O=[N+]([O-])c1cc(C23CCCC2(c2ccc(O)c([N+](=O)[O-])c2)C2CCC3C2)ccc1O. The lowest BCUT2D eigenvalue weighted by atomic mass is 9.52. The zero-order valence-corrected chi connectivity index (χ0v) is 16.3. The van der Waals surface area contributed by atoms with Gasteiger partial charge in [0.2, 0.25) is 0 Å². The van der Waals surface area contributed by atoms with Crippen molar-refractivity contribution in [2.45, 2.75) is 49.4 Å². The maximum Gasteiger partial charge on any atom is 0.310 e. The molecule has 30 heavy (non-hydrogen) atoms. The van der Waals surface area contributed by atoms with Gasteiger partial charge in [-0.1, -0.05) is 18.6 Å². The van der Waals surface area contributed by atoms with E-state index in [1.165, 1.54) is 24.3 Å². The predicted molar refractivity (Wildman–Crippen MR) is 108 cm³/mol. The highest BCUT2D eigenvalue weighted by molar-refractivity contribution is 5.57. The minimum absolute atomic E-state index is 0.304. The second-order valence-corrected chi connectivity index (χ2v) is 8.92. The first-order valence-electron chi connectivity index (χ1n) is 10.3. The summed E-state index contributed by atoms with van der Waals surface area (Å²) in [7, 11) is 0. The summed E-state index contributed by atoms with van der Waals surface area (Å²) in [6, 6.07) is 9.39. The first kappa shape index (κ1) is 18.8. The number of phenolic OH excluding ortho intramolecular Hbond substituents is 2. The van der Waals surface area contributed by atoms with Crippen molar-refractivity contribution in [3.63, 3.8) is 0 Å². The van der Waals surface area contributed by atoms with E-state index in [4.69, 9.17) is 0 Å². The highest BCUT2D eigenvalue weighted by Gasteiger charge is 2.70. The average molecular weight is 410 g/mol. The lowest BCUT2D eigenvalue weighted by molar-refractivity contribution is -0.386. The fourth-order valence-electron chi connectivity index (χ4n) is 7.28. The Kier molecular flexibility index (Phi) is 3.87. The van der Waals surface area contributed by atoms with Gasteiger partial charge in [0, 0.05) is 23.0 Å². The summed E-state index contributed by atoms with van der Waals surface area (Å²) in [6.07, 6.45) is 5.68. The zero-order chi connectivity index (χ0) is 21.3. The van der Waals surface area contributed by atoms with Crippen LogP contribution in [0.5, 0.6) is 11.5 Å². The van der Waals surface area contributed by atoms with Crippen LogP contribution in [0.1, 0.15) is 49.7 Å². The monoisotopic (exact) mass is 410 g/mol. The van der Waals surface area contributed by atoms with E-state index in [1.54, 1.807) is 12.1 Å². The number of nitro groups is 2. The van der Waals surface area contributed by atoms with Gasteiger partial charge in [0.15, 0.2) is 11.5 Å². The van der Waals surface area contributed by atoms with E-state index in [9.17, 15) is 30.4 Å². The number of hydrogen-bond acceptors (Lipinski definition) is 6. The highest BCUT2D eigenvalue weighted by atomic mass is 16.6. The number of hydrogen-bond donors (Lipinski definition) is 2. The molecule has 0 amide bonds. The Morgan fingerprint density at radius 2 is 1.23 bits per heavy atom. The molecular formula is C22H22N2O6. The minimum Gasteiger partial charge on any atom is -0.502 e.